The fraction of sp³-hybridized carbons (Fsp3) is 0.238. The fourth-order valence-electron chi connectivity index (χ4n) is 3.14. The summed E-state index contributed by atoms with van der Waals surface area (Å²) in [6.07, 6.45) is 1.81. The largest absolute Gasteiger partial charge is 0.482 e. The van der Waals surface area contributed by atoms with E-state index in [-0.39, 0.29) is 25.7 Å². The molecule has 0 unspecified atom stereocenters. The summed E-state index contributed by atoms with van der Waals surface area (Å²) < 4.78 is 12.3. The Bertz CT molecular complexity index is 1030. The van der Waals surface area contributed by atoms with Crippen LogP contribution in [0.4, 0.5) is 5.69 Å². The fourth-order valence-corrected chi connectivity index (χ4v) is 3.14. The van der Waals surface area contributed by atoms with E-state index in [1.165, 1.54) is 0 Å². The second-order valence-electron chi connectivity index (χ2n) is 6.56. The van der Waals surface area contributed by atoms with Gasteiger partial charge in [0.05, 0.1) is 37.1 Å². The molecule has 0 saturated heterocycles. The lowest BCUT2D eigenvalue weighted by molar-refractivity contribution is -0.121. The summed E-state index contributed by atoms with van der Waals surface area (Å²) in [5.41, 5.74) is 2.63. The lowest BCUT2D eigenvalue weighted by atomic mass is 10.1. The number of esters is 1. The average molecular weight is 392 g/mol. The number of anilines is 1. The number of amides is 1. The monoisotopic (exact) mass is 392 g/mol. The summed E-state index contributed by atoms with van der Waals surface area (Å²) in [6, 6.07) is 14.8. The van der Waals surface area contributed by atoms with Gasteiger partial charge in [0.25, 0.3) is 5.91 Å². The third-order valence-electron chi connectivity index (χ3n) is 4.51. The van der Waals surface area contributed by atoms with Crippen molar-refractivity contribution >= 4 is 17.6 Å². The highest BCUT2D eigenvalue weighted by Gasteiger charge is 2.27. The standard InChI is InChI=1S/C21H20N4O4/c1-2-28-21(27)16-8-9-19-18(10-16)25(20(26)14-29-19)13-17-12-24(23-22-17)11-15-6-4-3-5-7-15/h3-10,12H,2,11,13-14H2,1H3. The summed E-state index contributed by atoms with van der Waals surface area (Å²) in [5, 5.41) is 8.34. The van der Waals surface area contributed by atoms with Gasteiger partial charge in [-0.3, -0.25) is 9.69 Å². The van der Waals surface area contributed by atoms with Gasteiger partial charge in [0, 0.05) is 0 Å². The van der Waals surface area contributed by atoms with Gasteiger partial charge in [0.2, 0.25) is 0 Å². The first-order chi connectivity index (χ1) is 14.1. The molecule has 8 nitrogen and oxygen atoms in total. The predicted octanol–water partition coefficient (Wildman–Crippen LogP) is 2.43. The lowest BCUT2D eigenvalue weighted by Gasteiger charge is -2.29. The molecule has 0 N–H and O–H groups in total. The van der Waals surface area contributed by atoms with Crippen LogP contribution in [0.2, 0.25) is 0 Å². The summed E-state index contributed by atoms with van der Waals surface area (Å²) in [4.78, 5) is 26.1. The minimum Gasteiger partial charge on any atom is -0.482 e. The van der Waals surface area contributed by atoms with E-state index >= 15 is 0 Å². The maximum atomic E-state index is 12.5. The van der Waals surface area contributed by atoms with Crippen molar-refractivity contribution < 1.29 is 19.1 Å². The lowest BCUT2D eigenvalue weighted by Crippen LogP contribution is -2.38. The Kier molecular flexibility index (Phi) is 5.24. The smallest absolute Gasteiger partial charge is 0.338 e. The molecule has 0 saturated carbocycles. The van der Waals surface area contributed by atoms with Crippen LogP contribution >= 0.6 is 0 Å². The molecule has 1 aromatic heterocycles. The molecular weight excluding hydrogens is 372 g/mol. The maximum absolute atomic E-state index is 12.5. The predicted molar refractivity (Wildman–Crippen MR) is 105 cm³/mol. The first-order valence-corrected chi connectivity index (χ1v) is 9.31. The number of nitrogens with zero attached hydrogens (tertiary/aromatic N) is 4. The zero-order chi connectivity index (χ0) is 20.2. The molecule has 1 amide bonds. The van der Waals surface area contributed by atoms with Crippen LogP contribution in [0.3, 0.4) is 0 Å². The molecular formula is C21H20N4O4. The molecule has 1 aliphatic rings. The molecule has 2 heterocycles. The van der Waals surface area contributed by atoms with Crippen LogP contribution in [0.1, 0.15) is 28.5 Å². The van der Waals surface area contributed by atoms with Crippen LogP contribution in [0.5, 0.6) is 5.75 Å². The highest BCUT2D eigenvalue weighted by atomic mass is 16.5. The van der Waals surface area contributed by atoms with Gasteiger partial charge in [0.1, 0.15) is 11.4 Å². The summed E-state index contributed by atoms with van der Waals surface area (Å²) in [5.74, 6) is -0.118. The summed E-state index contributed by atoms with van der Waals surface area (Å²) in [6.45, 7) is 2.78. The van der Waals surface area contributed by atoms with E-state index < -0.39 is 5.97 Å². The molecule has 0 radical (unpaired) electrons. The van der Waals surface area contributed by atoms with Crippen LogP contribution in [-0.4, -0.2) is 40.1 Å². The van der Waals surface area contributed by atoms with Crippen molar-refractivity contribution in [2.75, 3.05) is 18.1 Å². The van der Waals surface area contributed by atoms with E-state index in [1.54, 1.807) is 34.7 Å². The normalized spacial score (nSPS) is 13.0. The Balaban J connectivity index is 1.55. The second-order valence-corrected chi connectivity index (χ2v) is 6.56. The van der Waals surface area contributed by atoms with Crippen molar-refractivity contribution in [2.24, 2.45) is 0 Å². The number of fused-ring (bicyclic) bond motifs is 1. The van der Waals surface area contributed by atoms with Crippen LogP contribution < -0.4 is 9.64 Å². The van der Waals surface area contributed by atoms with Crippen molar-refractivity contribution in [1.82, 2.24) is 15.0 Å². The molecule has 0 spiro atoms. The van der Waals surface area contributed by atoms with Crippen LogP contribution in [-0.2, 0) is 22.6 Å². The Labute approximate surface area is 167 Å². The van der Waals surface area contributed by atoms with Crippen LogP contribution in [0.15, 0.2) is 54.7 Å². The van der Waals surface area contributed by atoms with Gasteiger partial charge >= 0.3 is 5.97 Å². The van der Waals surface area contributed by atoms with Gasteiger partial charge in [-0.1, -0.05) is 35.5 Å². The molecule has 8 heteroatoms. The maximum Gasteiger partial charge on any atom is 0.338 e. The van der Waals surface area contributed by atoms with Gasteiger partial charge in [-0.15, -0.1) is 5.10 Å². The zero-order valence-electron chi connectivity index (χ0n) is 15.9. The average Bonchev–Trinajstić information content (AvgIpc) is 3.17. The molecule has 1 aliphatic heterocycles. The molecule has 0 aliphatic carbocycles. The first-order valence-electron chi connectivity index (χ1n) is 9.31. The van der Waals surface area contributed by atoms with E-state index in [2.05, 4.69) is 10.3 Å². The highest BCUT2D eigenvalue weighted by molar-refractivity contribution is 6.00. The minimum absolute atomic E-state index is 0.0656. The summed E-state index contributed by atoms with van der Waals surface area (Å²) in [7, 11) is 0. The number of hydrogen-bond donors (Lipinski definition) is 0. The van der Waals surface area contributed by atoms with Gasteiger partial charge in [-0.05, 0) is 30.7 Å². The number of benzene rings is 2. The zero-order valence-corrected chi connectivity index (χ0v) is 15.9. The second kappa shape index (κ2) is 8.14. The molecule has 0 bridgehead atoms. The van der Waals surface area contributed by atoms with E-state index in [9.17, 15) is 9.59 Å². The summed E-state index contributed by atoms with van der Waals surface area (Å²) >= 11 is 0. The van der Waals surface area contributed by atoms with E-state index in [0.29, 0.717) is 29.2 Å². The third-order valence-corrected chi connectivity index (χ3v) is 4.51. The Hall–Kier alpha value is -3.68. The number of carbonyl (C=O) groups excluding carboxylic acids is 2. The van der Waals surface area contributed by atoms with E-state index in [1.807, 2.05) is 36.5 Å². The van der Waals surface area contributed by atoms with Gasteiger partial charge in [-0.2, -0.15) is 0 Å². The van der Waals surface area contributed by atoms with Crippen LogP contribution in [0, 0.1) is 0 Å². The SMILES string of the molecule is CCOC(=O)c1ccc2c(c1)N(Cc1cn(Cc3ccccc3)nn1)C(=O)CO2. The number of ether oxygens (including phenoxy) is 2. The molecule has 29 heavy (non-hydrogen) atoms. The molecule has 4 rings (SSSR count). The quantitative estimate of drug-likeness (QED) is 0.599. The number of hydrogen-bond acceptors (Lipinski definition) is 6. The Morgan fingerprint density at radius 3 is 2.79 bits per heavy atom. The molecule has 3 aromatic rings. The minimum atomic E-state index is -0.443. The van der Waals surface area contributed by atoms with Crippen molar-refractivity contribution in [3.63, 3.8) is 0 Å². The third kappa shape index (κ3) is 4.11. The topological polar surface area (TPSA) is 86.5 Å². The molecule has 0 fully saturated rings. The number of rotatable bonds is 6. The van der Waals surface area contributed by atoms with Crippen LogP contribution in [0.25, 0.3) is 0 Å². The molecule has 148 valence electrons. The molecule has 0 atom stereocenters. The highest BCUT2D eigenvalue weighted by Crippen LogP contribution is 2.34. The van der Waals surface area contributed by atoms with Gasteiger partial charge in [0.15, 0.2) is 6.61 Å². The Morgan fingerprint density at radius 1 is 1.17 bits per heavy atom. The van der Waals surface area contributed by atoms with E-state index in [0.717, 1.165) is 5.56 Å². The van der Waals surface area contributed by atoms with Crippen molar-refractivity contribution in [3.8, 4) is 5.75 Å². The van der Waals surface area contributed by atoms with Crippen molar-refractivity contribution in [1.29, 1.82) is 0 Å². The van der Waals surface area contributed by atoms with E-state index in [4.69, 9.17) is 9.47 Å². The number of carbonyl (C=O) groups is 2. The number of aromatic nitrogens is 3. The van der Waals surface area contributed by atoms with Crippen molar-refractivity contribution in [3.05, 3.63) is 71.5 Å². The molecule has 2 aromatic carbocycles. The van der Waals surface area contributed by atoms with Gasteiger partial charge < -0.3 is 9.47 Å². The Morgan fingerprint density at radius 2 is 2.00 bits per heavy atom. The van der Waals surface area contributed by atoms with Gasteiger partial charge in [-0.25, -0.2) is 9.48 Å². The first kappa shape index (κ1) is 18.7. The van der Waals surface area contributed by atoms with Crippen molar-refractivity contribution in [2.45, 2.75) is 20.0 Å².